The third kappa shape index (κ3) is 9.79. The third-order valence-corrected chi connectivity index (χ3v) is 5.90. The predicted octanol–water partition coefficient (Wildman–Crippen LogP) is 5.71. The standard InChI is InChI=1S/C19H29Cl2NO4S/c1-16-10-12-17(13-11-16)22(27(25)26)15-9-7-5-3-2-4-6-8-14-19(20,21)18(23)24/h10-13H,2-9,14-15H2,1H3,(H,23,24)(H,25,26). The van der Waals surface area contributed by atoms with Crippen LogP contribution < -0.4 is 4.31 Å². The van der Waals surface area contributed by atoms with Crippen molar-refractivity contribution in [2.45, 2.75) is 69.0 Å². The minimum atomic E-state index is -2.01. The summed E-state index contributed by atoms with van der Waals surface area (Å²) in [5.74, 6) is -1.19. The van der Waals surface area contributed by atoms with Crippen molar-refractivity contribution in [2.75, 3.05) is 10.8 Å². The smallest absolute Gasteiger partial charge is 0.340 e. The van der Waals surface area contributed by atoms with Crippen LogP contribution in [0.2, 0.25) is 0 Å². The first kappa shape index (κ1) is 24.2. The van der Waals surface area contributed by atoms with E-state index in [9.17, 15) is 13.6 Å². The van der Waals surface area contributed by atoms with Crippen LogP contribution in [-0.4, -0.2) is 30.7 Å². The zero-order valence-corrected chi connectivity index (χ0v) is 18.0. The van der Waals surface area contributed by atoms with Crippen molar-refractivity contribution in [1.82, 2.24) is 0 Å². The highest BCUT2D eigenvalue weighted by atomic mass is 35.5. The molecule has 0 aliphatic heterocycles. The number of hydrogen-bond acceptors (Lipinski definition) is 2. The zero-order valence-electron chi connectivity index (χ0n) is 15.7. The van der Waals surface area contributed by atoms with Crippen molar-refractivity contribution < 1.29 is 18.7 Å². The van der Waals surface area contributed by atoms with Crippen LogP contribution in [-0.2, 0) is 16.1 Å². The highest BCUT2D eigenvalue weighted by Gasteiger charge is 2.32. The molecule has 0 heterocycles. The number of anilines is 1. The lowest BCUT2D eigenvalue weighted by Crippen LogP contribution is -2.26. The average molecular weight is 438 g/mol. The number of halogens is 2. The summed E-state index contributed by atoms with van der Waals surface area (Å²) >= 11 is 9.37. The minimum Gasteiger partial charge on any atom is -0.479 e. The Morgan fingerprint density at radius 3 is 1.96 bits per heavy atom. The SMILES string of the molecule is Cc1ccc(N(CCCCCCCCCCC(Cl)(Cl)C(=O)O)S(=O)O)cc1. The molecule has 8 heteroatoms. The molecule has 2 N–H and O–H groups in total. The van der Waals surface area contributed by atoms with E-state index in [4.69, 9.17) is 28.3 Å². The van der Waals surface area contributed by atoms with Crippen molar-refractivity contribution in [3.05, 3.63) is 29.8 Å². The van der Waals surface area contributed by atoms with Gasteiger partial charge in [0.1, 0.15) is 0 Å². The summed E-state index contributed by atoms with van der Waals surface area (Å²) in [7, 11) is 0. The zero-order chi connectivity index (χ0) is 20.3. The van der Waals surface area contributed by atoms with Gasteiger partial charge in [0.05, 0.1) is 5.69 Å². The van der Waals surface area contributed by atoms with Gasteiger partial charge in [-0.15, -0.1) is 0 Å². The number of hydrogen-bond donors (Lipinski definition) is 2. The molecule has 0 saturated heterocycles. The lowest BCUT2D eigenvalue weighted by molar-refractivity contribution is -0.138. The molecule has 27 heavy (non-hydrogen) atoms. The fraction of sp³-hybridized carbons (Fsp3) is 0.632. The highest BCUT2D eigenvalue weighted by Crippen LogP contribution is 2.28. The van der Waals surface area contributed by atoms with Gasteiger partial charge in [0.25, 0.3) is 11.3 Å². The van der Waals surface area contributed by atoms with Crippen molar-refractivity contribution in [2.24, 2.45) is 0 Å². The first-order valence-electron chi connectivity index (χ1n) is 9.30. The first-order chi connectivity index (χ1) is 12.7. The molecule has 0 amide bonds. The van der Waals surface area contributed by atoms with Crippen LogP contribution in [0.25, 0.3) is 0 Å². The van der Waals surface area contributed by atoms with Crippen molar-refractivity contribution >= 4 is 46.1 Å². The topological polar surface area (TPSA) is 77.8 Å². The monoisotopic (exact) mass is 437 g/mol. The van der Waals surface area contributed by atoms with Crippen LogP contribution in [0, 0.1) is 6.92 Å². The van der Waals surface area contributed by atoms with Crippen LogP contribution >= 0.6 is 23.2 Å². The van der Waals surface area contributed by atoms with Gasteiger partial charge in [-0.1, -0.05) is 79.4 Å². The van der Waals surface area contributed by atoms with Crippen LogP contribution in [0.5, 0.6) is 0 Å². The predicted molar refractivity (Wildman–Crippen MR) is 113 cm³/mol. The van der Waals surface area contributed by atoms with Gasteiger partial charge in [-0.2, -0.15) is 0 Å². The van der Waals surface area contributed by atoms with E-state index in [2.05, 4.69) is 0 Å². The van der Waals surface area contributed by atoms with Crippen LogP contribution in [0.1, 0.15) is 63.4 Å². The molecule has 1 aromatic rings. The second-order valence-corrected chi connectivity index (χ2v) is 9.14. The summed E-state index contributed by atoms with van der Waals surface area (Å²) < 4.78 is 20.9. The Morgan fingerprint density at radius 1 is 1.00 bits per heavy atom. The molecule has 0 aromatic heterocycles. The lowest BCUT2D eigenvalue weighted by atomic mass is 10.1. The maximum absolute atomic E-state index is 11.5. The molecule has 154 valence electrons. The number of unbranched alkanes of at least 4 members (excludes halogenated alkanes) is 7. The van der Waals surface area contributed by atoms with Crippen LogP contribution in [0.4, 0.5) is 5.69 Å². The van der Waals surface area contributed by atoms with Gasteiger partial charge in [0.2, 0.25) is 4.33 Å². The molecule has 1 atom stereocenters. The van der Waals surface area contributed by atoms with Crippen molar-refractivity contribution in [3.63, 3.8) is 0 Å². The molecule has 0 aliphatic rings. The Hall–Kier alpha value is -0.820. The van der Waals surface area contributed by atoms with Gasteiger partial charge in [-0.25, -0.2) is 9.00 Å². The van der Waals surface area contributed by atoms with Gasteiger partial charge in [0, 0.05) is 6.54 Å². The first-order valence-corrected chi connectivity index (χ1v) is 11.1. The molecule has 0 spiro atoms. The van der Waals surface area contributed by atoms with E-state index in [1.54, 1.807) is 0 Å². The second kappa shape index (κ2) is 12.6. The summed E-state index contributed by atoms with van der Waals surface area (Å²) in [6.07, 6.45) is 8.02. The number of carboxylic acids is 1. The van der Waals surface area contributed by atoms with Gasteiger partial charge in [-0.3, -0.25) is 8.86 Å². The number of carbonyl (C=O) groups is 1. The van der Waals surface area contributed by atoms with Gasteiger partial charge in [-0.05, 0) is 38.3 Å². The van der Waals surface area contributed by atoms with E-state index in [1.807, 2.05) is 31.2 Å². The van der Waals surface area contributed by atoms with E-state index in [0.29, 0.717) is 13.0 Å². The Balaban J connectivity index is 2.11. The van der Waals surface area contributed by atoms with E-state index < -0.39 is 21.6 Å². The number of benzene rings is 1. The molecule has 0 fully saturated rings. The third-order valence-electron chi connectivity index (χ3n) is 4.43. The molecular formula is C19H29Cl2NO4S. The highest BCUT2D eigenvalue weighted by molar-refractivity contribution is 7.80. The summed E-state index contributed by atoms with van der Waals surface area (Å²) in [4.78, 5) is 10.8. The van der Waals surface area contributed by atoms with E-state index >= 15 is 0 Å². The number of aliphatic carboxylic acids is 1. The number of aryl methyl sites for hydroxylation is 1. The molecular weight excluding hydrogens is 409 g/mol. The quantitative estimate of drug-likeness (QED) is 0.222. The lowest BCUT2D eigenvalue weighted by Gasteiger charge is -2.20. The second-order valence-electron chi connectivity index (χ2n) is 6.76. The average Bonchev–Trinajstić information content (AvgIpc) is 2.60. The number of rotatable bonds is 14. The van der Waals surface area contributed by atoms with Crippen molar-refractivity contribution in [3.8, 4) is 0 Å². The van der Waals surface area contributed by atoms with E-state index in [-0.39, 0.29) is 6.42 Å². The molecule has 0 bridgehead atoms. The summed E-state index contributed by atoms with van der Waals surface area (Å²) in [5.41, 5.74) is 1.88. The number of carboxylic acid groups (broad SMARTS) is 1. The molecule has 1 rings (SSSR count). The Kier molecular flexibility index (Phi) is 11.3. The van der Waals surface area contributed by atoms with Crippen LogP contribution in [0.3, 0.4) is 0 Å². The molecule has 0 saturated carbocycles. The molecule has 0 aliphatic carbocycles. The Morgan fingerprint density at radius 2 is 1.48 bits per heavy atom. The van der Waals surface area contributed by atoms with Gasteiger partial charge >= 0.3 is 5.97 Å². The Bertz CT molecular complexity index is 596. The normalized spacial score (nSPS) is 12.7. The van der Waals surface area contributed by atoms with E-state index in [0.717, 1.165) is 56.2 Å². The van der Waals surface area contributed by atoms with Gasteiger partial charge < -0.3 is 5.11 Å². The number of alkyl halides is 2. The molecule has 0 radical (unpaired) electrons. The maximum Gasteiger partial charge on any atom is 0.340 e. The fourth-order valence-electron chi connectivity index (χ4n) is 2.78. The fourth-order valence-corrected chi connectivity index (χ4v) is 3.63. The molecule has 1 unspecified atom stereocenters. The molecule has 1 aromatic carbocycles. The molecule has 5 nitrogen and oxygen atoms in total. The largest absolute Gasteiger partial charge is 0.479 e. The van der Waals surface area contributed by atoms with Gasteiger partial charge in [0.15, 0.2) is 0 Å². The minimum absolute atomic E-state index is 0.262. The van der Waals surface area contributed by atoms with E-state index in [1.165, 1.54) is 4.31 Å². The summed E-state index contributed by atoms with van der Waals surface area (Å²) in [6.45, 7) is 2.53. The Labute approximate surface area is 174 Å². The number of nitrogens with zero attached hydrogens (tertiary/aromatic N) is 1. The van der Waals surface area contributed by atoms with Crippen molar-refractivity contribution in [1.29, 1.82) is 0 Å². The summed E-state index contributed by atoms with van der Waals surface area (Å²) in [5, 5.41) is 8.82. The summed E-state index contributed by atoms with van der Waals surface area (Å²) in [6, 6.07) is 7.60. The maximum atomic E-state index is 11.5. The van der Waals surface area contributed by atoms with Crippen LogP contribution in [0.15, 0.2) is 24.3 Å².